The predicted molar refractivity (Wildman–Crippen MR) is 53.4 cm³/mol. The van der Waals surface area contributed by atoms with E-state index in [0.717, 1.165) is 11.1 Å². The highest BCUT2D eigenvalue weighted by Crippen LogP contribution is 2.07. The Bertz CT molecular complexity index is 279. The largest absolute Gasteiger partial charge is 0.396 e. The molecule has 0 atom stereocenters. The van der Waals surface area contributed by atoms with Crippen LogP contribution in [0.25, 0.3) is 6.08 Å². The Balaban J connectivity index is 2.73. The molecule has 1 aromatic carbocycles. The van der Waals surface area contributed by atoms with Gasteiger partial charge in [0.2, 0.25) is 0 Å². The van der Waals surface area contributed by atoms with Gasteiger partial charge in [0.05, 0.1) is 6.61 Å². The van der Waals surface area contributed by atoms with Gasteiger partial charge < -0.3 is 10.2 Å². The van der Waals surface area contributed by atoms with Crippen molar-refractivity contribution in [3.63, 3.8) is 0 Å². The van der Waals surface area contributed by atoms with E-state index in [9.17, 15) is 0 Å². The summed E-state index contributed by atoms with van der Waals surface area (Å²) in [5.74, 6) is 0. The van der Waals surface area contributed by atoms with Crippen LogP contribution in [0.1, 0.15) is 11.1 Å². The third-order valence-corrected chi connectivity index (χ3v) is 1.77. The van der Waals surface area contributed by atoms with Crippen LogP contribution in [0.5, 0.6) is 0 Å². The molecule has 70 valence electrons. The normalized spacial score (nSPS) is 10.9. The molecule has 0 amide bonds. The van der Waals surface area contributed by atoms with Crippen molar-refractivity contribution < 1.29 is 10.2 Å². The summed E-state index contributed by atoms with van der Waals surface area (Å²) < 4.78 is 0. The average molecular weight is 178 g/mol. The highest BCUT2D eigenvalue weighted by Gasteiger charge is 1.91. The molecule has 0 saturated heterocycles. The zero-order valence-corrected chi connectivity index (χ0v) is 7.48. The predicted octanol–water partition coefficient (Wildman–Crippen LogP) is 1.23. The zero-order valence-electron chi connectivity index (χ0n) is 7.48. The molecule has 2 nitrogen and oxygen atoms in total. The molecule has 0 spiro atoms. The Morgan fingerprint density at radius 2 is 2.08 bits per heavy atom. The summed E-state index contributed by atoms with van der Waals surface area (Å²) in [6.45, 7) is 0.234. The van der Waals surface area contributed by atoms with Gasteiger partial charge in [-0.3, -0.25) is 0 Å². The summed E-state index contributed by atoms with van der Waals surface area (Å²) in [6.07, 6.45) is 4.24. The van der Waals surface area contributed by atoms with E-state index in [1.165, 1.54) is 0 Å². The van der Waals surface area contributed by atoms with E-state index in [1.54, 1.807) is 6.08 Å². The summed E-state index contributed by atoms with van der Waals surface area (Å²) in [4.78, 5) is 0. The van der Waals surface area contributed by atoms with Crippen LogP contribution < -0.4 is 0 Å². The second-order valence-corrected chi connectivity index (χ2v) is 2.80. The van der Waals surface area contributed by atoms with Crippen molar-refractivity contribution >= 4 is 6.08 Å². The molecule has 0 saturated carbocycles. The molecule has 2 N–H and O–H groups in total. The Hall–Kier alpha value is -1.12. The standard InChI is InChI=1S/C11H14O2/c12-7-2-5-10-3-1-4-11(9-10)6-8-13/h1-5,9,12-13H,6-8H2. The van der Waals surface area contributed by atoms with Crippen LogP contribution in [0.4, 0.5) is 0 Å². The lowest BCUT2D eigenvalue weighted by molar-refractivity contribution is 0.299. The van der Waals surface area contributed by atoms with Gasteiger partial charge in [-0.2, -0.15) is 0 Å². The first-order chi connectivity index (χ1) is 6.36. The molecule has 0 heterocycles. The van der Waals surface area contributed by atoms with Crippen LogP contribution in [0, 0.1) is 0 Å². The number of benzene rings is 1. The maximum absolute atomic E-state index is 8.73. The molecule has 0 aliphatic carbocycles. The third-order valence-electron chi connectivity index (χ3n) is 1.77. The third kappa shape index (κ3) is 3.40. The van der Waals surface area contributed by atoms with E-state index in [-0.39, 0.29) is 13.2 Å². The number of rotatable bonds is 4. The van der Waals surface area contributed by atoms with Crippen molar-refractivity contribution in [1.29, 1.82) is 0 Å². The second kappa shape index (κ2) is 5.51. The van der Waals surface area contributed by atoms with E-state index < -0.39 is 0 Å². The summed E-state index contributed by atoms with van der Waals surface area (Å²) in [7, 11) is 0. The van der Waals surface area contributed by atoms with Gasteiger partial charge in [0.25, 0.3) is 0 Å². The SMILES string of the molecule is OCC=Cc1cccc(CCO)c1. The molecule has 0 radical (unpaired) electrons. The van der Waals surface area contributed by atoms with Crippen LogP contribution in [0.3, 0.4) is 0 Å². The molecule has 0 unspecified atom stereocenters. The summed E-state index contributed by atoms with van der Waals surface area (Å²) in [5.41, 5.74) is 2.17. The van der Waals surface area contributed by atoms with Gasteiger partial charge in [-0.15, -0.1) is 0 Å². The monoisotopic (exact) mass is 178 g/mol. The molecule has 0 aliphatic rings. The second-order valence-electron chi connectivity index (χ2n) is 2.80. The maximum atomic E-state index is 8.73. The van der Waals surface area contributed by atoms with Crippen molar-refractivity contribution in [2.75, 3.05) is 13.2 Å². The van der Waals surface area contributed by atoms with Gasteiger partial charge in [-0.1, -0.05) is 36.4 Å². The summed E-state index contributed by atoms with van der Waals surface area (Å²) >= 11 is 0. The van der Waals surface area contributed by atoms with Gasteiger partial charge in [-0.25, -0.2) is 0 Å². The lowest BCUT2D eigenvalue weighted by Gasteiger charge is -1.99. The first-order valence-corrected chi connectivity index (χ1v) is 4.34. The molecule has 0 fully saturated rings. The molecule has 13 heavy (non-hydrogen) atoms. The molecular formula is C11H14O2. The van der Waals surface area contributed by atoms with E-state index >= 15 is 0 Å². The van der Waals surface area contributed by atoms with Crippen molar-refractivity contribution in [2.24, 2.45) is 0 Å². The first-order valence-electron chi connectivity index (χ1n) is 4.34. The Kier molecular flexibility index (Phi) is 4.23. The molecule has 0 aromatic heterocycles. The molecule has 0 aliphatic heterocycles. The van der Waals surface area contributed by atoms with Gasteiger partial charge in [0.1, 0.15) is 0 Å². The van der Waals surface area contributed by atoms with Crippen LogP contribution >= 0.6 is 0 Å². The Morgan fingerprint density at radius 1 is 1.23 bits per heavy atom. The number of hydrogen-bond acceptors (Lipinski definition) is 2. The number of aliphatic hydroxyl groups excluding tert-OH is 2. The van der Waals surface area contributed by atoms with Crippen molar-refractivity contribution in [3.8, 4) is 0 Å². The lowest BCUT2D eigenvalue weighted by Crippen LogP contribution is -1.90. The number of aliphatic hydroxyl groups is 2. The lowest BCUT2D eigenvalue weighted by atomic mass is 10.1. The fraction of sp³-hybridized carbons (Fsp3) is 0.273. The number of hydrogen-bond donors (Lipinski definition) is 2. The minimum Gasteiger partial charge on any atom is -0.396 e. The Morgan fingerprint density at radius 3 is 2.77 bits per heavy atom. The summed E-state index contributed by atoms with van der Waals surface area (Å²) in [5, 5.41) is 17.3. The fourth-order valence-electron chi connectivity index (χ4n) is 1.17. The van der Waals surface area contributed by atoms with Gasteiger partial charge in [-0.05, 0) is 17.5 Å². The Labute approximate surface area is 78.2 Å². The molecule has 2 heteroatoms. The highest BCUT2D eigenvalue weighted by molar-refractivity contribution is 5.50. The van der Waals surface area contributed by atoms with Crippen LogP contribution in [-0.4, -0.2) is 23.4 Å². The van der Waals surface area contributed by atoms with E-state index in [0.29, 0.717) is 6.42 Å². The minimum absolute atomic E-state index is 0.0597. The van der Waals surface area contributed by atoms with Gasteiger partial charge in [0, 0.05) is 6.61 Å². The zero-order chi connectivity index (χ0) is 9.52. The molecular weight excluding hydrogens is 164 g/mol. The fourth-order valence-corrected chi connectivity index (χ4v) is 1.17. The molecule has 1 rings (SSSR count). The maximum Gasteiger partial charge on any atom is 0.0615 e. The first kappa shape index (κ1) is 9.96. The quantitative estimate of drug-likeness (QED) is 0.728. The van der Waals surface area contributed by atoms with Crippen molar-refractivity contribution in [1.82, 2.24) is 0 Å². The van der Waals surface area contributed by atoms with Crippen LogP contribution in [-0.2, 0) is 6.42 Å². The smallest absolute Gasteiger partial charge is 0.0615 e. The van der Waals surface area contributed by atoms with Crippen molar-refractivity contribution in [3.05, 3.63) is 41.5 Å². The minimum atomic E-state index is 0.0597. The molecule has 1 aromatic rings. The average Bonchev–Trinajstić information content (AvgIpc) is 2.16. The van der Waals surface area contributed by atoms with Crippen LogP contribution in [0.15, 0.2) is 30.3 Å². The molecule has 0 bridgehead atoms. The van der Waals surface area contributed by atoms with Crippen LogP contribution in [0.2, 0.25) is 0 Å². The van der Waals surface area contributed by atoms with E-state index in [4.69, 9.17) is 10.2 Å². The van der Waals surface area contributed by atoms with E-state index in [1.807, 2.05) is 30.3 Å². The van der Waals surface area contributed by atoms with Crippen molar-refractivity contribution in [2.45, 2.75) is 6.42 Å². The topological polar surface area (TPSA) is 40.5 Å². The highest BCUT2D eigenvalue weighted by atomic mass is 16.3. The van der Waals surface area contributed by atoms with Gasteiger partial charge >= 0.3 is 0 Å². The van der Waals surface area contributed by atoms with E-state index in [2.05, 4.69) is 0 Å². The van der Waals surface area contributed by atoms with Gasteiger partial charge in [0.15, 0.2) is 0 Å². The summed E-state index contributed by atoms with van der Waals surface area (Å²) in [6, 6.07) is 7.89.